The van der Waals surface area contributed by atoms with E-state index in [1.165, 1.54) is 21.4 Å². The molecule has 0 amide bonds. The lowest BCUT2D eigenvalue weighted by Gasteiger charge is -2.30. The lowest BCUT2D eigenvalue weighted by molar-refractivity contribution is -0.0379. The number of benzene rings is 1. The number of rotatable bonds is 7. The highest BCUT2D eigenvalue weighted by Crippen LogP contribution is 2.43. The normalized spacial score (nSPS) is 15.6. The predicted molar refractivity (Wildman–Crippen MR) is 133 cm³/mol. The molecule has 3 aromatic rings. The highest BCUT2D eigenvalue weighted by atomic mass is 32.2. The molecule has 0 saturated carbocycles. The summed E-state index contributed by atoms with van der Waals surface area (Å²) in [6.07, 6.45) is 1.08. The van der Waals surface area contributed by atoms with E-state index in [4.69, 9.17) is 19.4 Å². The number of fused-ring (bicyclic) bond motifs is 3. The number of nitrogens with zero attached hydrogens (tertiary/aromatic N) is 2. The molecule has 1 aliphatic heterocycles. The van der Waals surface area contributed by atoms with Crippen LogP contribution in [0.4, 0.5) is 0 Å². The molecule has 0 aliphatic carbocycles. The van der Waals surface area contributed by atoms with Crippen LogP contribution in [0.15, 0.2) is 34.4 Å². The second-order valence-electron chi connectivity index (χ2n) is 8.99. The quantitative estimate of drug-likeness (QED) is 0.206. The minimum atomic E-state index is -0.152. The summed E-state index contributed by atoms with van der Waals surface area (Å²) in [6.45, 7) is 13.4. The van der Waals surface area contributed by atoms with E-state index in [0.717, 1.165) is 32.9 Å². The molecule has 3 heterocycles. The van der Waals surface area contributed by atoms with Gasteiger partial charge in [-0.1, -0.05) is 37.7 Å². The molecule has 7 heteroatoms. The molecule has 0 bridgehead atoms. The monoisotopic (exact) mass is 474 g/mol. The molecule has 0 saturated heterocycles. The van der Waals surface area contributed by atoms with Gasteiger partial charge in [0.2, 0.25) is 0 Å². The van der Waals surface area contributed by atoms with Crippen molar-refractivity contribution in [2.24, 2.45) is 0 Å². The molecule has 0 radical (unpaired) electrons. The molecule has 0 N–H and O–H groups in total. The lowest BCUT2D eigenvalue weighted by Crippen LogP contribution is -2.31. The fraction of sp³-hybridized carbons (Fsp3) is 0.500. The zero-order valence-corrected chi connectivity index (χ0v) is 21.5. The summed E-state index contributed by atoms with van der Waals surface area (Å²) in [6, 6.07) is 8.40. The van der Waals surface area contributed by atoms with Gasteiger partial charge in [0.25, 0.3) is 0 Å². The van der Waals surface area contributed by atoms with Gasteiger partial charge in [0.1, 0.15) is 15.6 Å². The number of ether oxygens (including phenoxy) is 2. The van der Waals surface area contributed by atoms with Crippen LogP contribution in [0.2, 0.25) is 0 Å². The van der Waals surface area contributed by atoms with Gasteiger partial charge in [-0.15, -0.1) is 23.1 Å². The van der Waals surface area contributed by atoms with Crippen LogP contribution in [0.1, 0.15) is 57.5 Å². The molecular formula is C24H30N2O2S3. The number of thiophene rings is 1. The van der Waals surface area contributed by atoms with Crippen molar-refractivity contribution >= 4 is 45.1 Å². The van der Waals surface area contributed by atoms with Crippen molar-refractivity contribution in [3.05, 3.63) is 40.3 Å². The summed E-state index contributed by atoms with van der Waals surface area (Å²) in [5.74, 6) is 1.78. The fourth-order valence-electron chi connectivity index (χ4n) is 3.55. The molecule has 0 atom stereocenters. The summed E-state index contributed by atoms with van der Waals surface area (Å²) in [7, 11) is 0. The molecule has 2 aromatic heterocycles. The van der Waals surface area contributed by atoms with Gasteiger partial charge < -0.3 is 9.47 Å². The topological polar surface area (TPSA) is 44.2 Å². The van der Waals surface area contributed by atoms with E-state index in [1.54, 1.807) is 34.9 Å². The Hall–Kier alpha value is -1.28. The highest BCUT2D eigenvalue weighted by Gasteiger charge is 2.31. The van der Waals surface area contributed by atoms with Gasteiger partial charge in [-0.05, 0) is 51.0 Å². The van der Waals surface area contributed by atoms with Crippen molar-refractivity contribution in [2.75, 3.05) is 0 Å². The van der Waals surface area contributed by atoms with Crippen molar-refractivity contribution in [3.8, 4) is 5.75 Å². The zero-order chi connectivity index (χ0) is 22.2. The third kappa shape index (κ3) is 5.56. The average Bonchev–Trinajstić information content (AvgIpc) is 3.03. The third-order valence-electron chi connectivity index (χ3n) is 4.89. The molecule has 166 valence electrons. The molecule has 31 heavy (non-hydrogen) atoms. The maximum atomic E-state index is 6.06. The van der Waals surface area contributed by atoms with Crippen LogP contribution in [0.25, 0.3) is 10.2 Å². The van der Waals surface area contributed by atoms with Gasteiger partial charge in [-0.2, -0.15) is 0 Å². The van der Waals surface area contributed by atoms with Gasteiger partial charge in [0, 0.05) is 27.7 Å². The minimum absolute atomic E-state index is 0.152. The molecule has 0 spiro atoms. The van der Waals surface area contributed by atoms with Crippen LogP contribution >= 0.6 is 34.9 Å². The fourth-order valence-corrected chi connectivity index (χ4v) is 6.55. The van der Waals surface area contributed by atoms with Crippen LogP contribution in [0.5, 0.6) is 5.75 Å². The van der Waals surface area contributed by atoms with E-state index < -0.39 is 0 Å². The highest BCUT2D eigenvalue weighted by molar-refractivity contribution is 8.00. The van der Waals surface area contributed by atoms with Crippen molar-refractivity contribution in [1.82, 2.24) is 9.97 Å². The molecule has 1 aromatic carbocycles. The largest absolute Gasteiger partial charge is 0.491 e. The average molecular weight is 475 g/mol. The van der Waals surface area contributed by atoms with Crippen molar-refractivity contribution in [1.29, 1.82) is 0 Å². The Morgan fingerprint density at radius 2 is 1.87 bits per heavy atom. The Morgan fingerprint density at radius 3 is 2.55 bits per heavy atom. The van der Waals surface area contributed by atoms with Gasteiger partial charge in [0.15, 0.2) is 5.16 Å². The van der Waals surface area contributed by atoms with Gasteiger partial charge in [-0.25, -0.2) is 9.97 Å². The van der Waals surface area contributed by atoms with Crippen molar-refractivity contribution < 1.29 is 9.47 Å². The SMILES string of the molecule is CC(C)Oc1ccc(CSc2nc(SC(C)C)nc3sc4c(c23)CC(C)(C)OC4)cc1. The Bertz CT molecular complexity index is 1060. The number of aromatic nitrogens is 2. The first-order valence-electron chi connectivity index (χ1n) is 10.7. The summed E-state index contributed by atoms with van der Waals surface area (Å²) in [5, 5.41) is 3.63. The van der Waals surface area contributed by atoms with E-state index in [0.29, 0.717) is 11.9 Å². The molecule has 4 nitrogen and oxygen atoms in total. The Kier molecular flexibility index (Phi) is 6.87. The van der Waals surface area contributed by atoms with E-state index >= 15 is 0 Å². The summed E-state index contributed by atoms with van der Waals surface area (Å²) in [4.78, 5) is 12.3. The second-order valence-corrected chi connectivity index (χ2v) is 12.6. The number of thioether (sulfide) groups is 2. The first-order chi connectivity index (χ1) is 14.7. The third-order valence-corrected chi connectivity index (χ3v) is 7.90. The predicted octanol–water partition coefficient (Wildman–Crippen LogP) is 7.12. The summed E-state index contributed by atoms with van der Waals surface area (Å²) < 4.78 is 11.8. The molecule has 4 rings (SSSR count). The van der Waals surface area contributed by atoms with Crippen LogP contribution in [-0.2, 0) is 23.5 Å². The summed E-state index contributed by atoms with van der Waals surface area (Å²) >= 11 is 5.29. The molecule has 1 aliphatic rings. The molecular weight excluding hydrogens is 444 g/mol. The Morgan fingerprint density at radius 1 is 1.13 bits per heavy atom. The van der Waals surface area contributed by atoms with E-state index in [1.807, 2.05) is 13.8 Å². The number of hydrogen-bond donors (Lipinski definition) is 0. The van der Waals surface area contributed by atoms with Crippen LogP contribution in [0.3, 0.4) is 0 Å². The van der Waals surface area contributed by atoms with Crippen LogP contribution in [-0.4, -0.2) is 26.9 Å². The van der Waals surface area contributed by atoms with Crippen LogP contribution in [0, 0.1) is 0 Å². The first kappa shape index (κ1) is 22.9. The maximum absolute atomic E-state index is 6.06. The maximum Gasteiger partial charge on any atom is 0.190 e. The van der Waals surface area contributed by atoms with E-state index in [9.17, 15) is 0 Å². The standard InChI is InChI=1S/C24H30N2O2S3/c1-14(2)28-17-9-7-16(8-10-17)13-29-21-20-18-11-24(5,6)27-12-19(18)31-22(20)26-23(25-21)30-15(3)4/h7-10,14-15H,11-13H2,1-6H3. The van der Waals surface area contributed by atoms with E-state index in [2.05, 4.69) is 52.0 Å². The minimum Gasteiger partial charge on any atom is -0.491 e. The Balaban J connectivity index is 1.65. The Labute approximate surface area is 197 Å². The molecule has 0 fully saturated rings. The number of hydrogen-bond acceptors (Lipinski definition) is 7. The smallest absolute Gasteiger partial charge is 0.190 e. The van der Waals surface area contributed by atoms with Gasteiger partial charge in [0.05, 0.1) is 18.3 Å². The summed E-state index contributed by atoms with van der Waals surface area (Å²) in [5.41, 5.74) is 2.49. The molecule has 0 unspecified atom stereocenters. The van der Waals surface area contributed by atoms with Crippen LogP contribution < -0.4 is 4.74 Å². The van der Waals surface area contributed by atoms with Crippen molar-refractivity contribution in [2.45, 2.75) is 87.5 Å². The lowest BCUT2D eigenvalue weighted by atomic mass is 9.95. The first-order valence-corrected chi connectivity index (χ1v) is 13.4. The van der Waals surface area contributed by atoms with Gasteiger partial charge >= 0.3 is 0 Å². The van der Waals surface area contributed by atoms with Gasteiger partial charge in [-0.3, -0.25) is 0 Å². The van der Waals surface area contributed by atoms with Crippen molar-refractivity contribution in [3.63, 3.8) is 0 Å². The zero-order valence-electron chi connectivity index (χ0n) is 19.0. The second kappa shape index (κ2) is 9.30. The van der Waals surface area contributed by atoms with E-state index in [-0.39, 0.29) is 11.7 Å².